The molecule has 0 amide bonds. The molecule has 0 aromatic heterocycles. The topological polar surface area (TPSA) is 69.4 Å². The minimum Gasteiger partial charge on any atom is -0.462 e. The summed E-state index contributed by atoms with van der Waals surface area (Å²) in [5.41, 5.74) is 0.0959. The quantitative estimate of drug-likeness (QED) is 0.433. The number of carbonyl (C=O) groups excluding carboxylic acids is 1. The molecule has 0 heterocycles. The van der Waals surface area contributed by atoms with E-state index in [1.54, 1.807) is 0 Å². The smallest absolute Gasteiger partial charge is 0.338 e. The molecule has 0 saturated heterocycles. The lowest BCUT2D eigenvalue weighted by Crippen LogP contribution is -2.06. The summed E-state index contributed by atoms with van der Waals surface area (Å²) in [6.45, 7) is 2.20. The van der Waals surface area contributed by atoms with E-state index in [-0.39, 0.29) is 11.3 Å². The van der Waals surface area contributed by atoms with Gasteiger partial charge in [-0.25, -0.2) is 4.79 Å². The Kier molecular flexibility index (Phi) is 3.79. The number of nitro groups is 1. The number of rotatable bonds is 4. The molecule has 1 rings (SSSR count). The molecule has 0 atom stereocenters. The average molecular weight is 209 g/mol. The van der Waals surface area contributed by atoms with Crippen molar-refractivity contribution in [3.8, 4) is 0 Å². The van der Waals surface area contributed by atoms with Gasteiger partial charge in [-0.15, -0.1) is 0 Å². The van der Waals surface area contributed by atoms with E-state index in [9.17, 15) is 14.9 Å². The lowest BCUT2D eigenvalue weighted by molar-refractivity contribution is -0.384. The van der Waals surface area contributed by atoms with Crippen molar-refractivity contribution >= 4 is 11.7 Å². The molecular formula is C10H11NO4. The monoisotopic (exact) mass is 209 g/mol. The van der Waals surface area contributed by atoms with Crippen LogP contribution in [0.15, 0.2) is 24.3 Å². The molecule has 0 saturated carbocycles. The fourth-order valence-corrected chi connectivity index (χ4v) is 1.02. The van der Waals surface area contributed by atoms with Crippen molar-refractivity contribution in [2.45, 2.75) is 13.3 Å². The molecule has 0 radical (unpaired) electrons. The van der Waals surface area contributed by atoms with Crippen LogP contribution >= 0.6 is 0 Å². The van der Waals surface area contributed by atoms with E-state index in [0.717, 1.165) is 6.42 Å². The van der Waals surface area contributed by atoms with Gasteiger partial charge in [0.05, 0.1) is 17.1 Å². The lowest BCUT2D eigenvalue weighted by atomic mass is 10.2. The number of esters is 1. The molecule has 0 N–H and O–H groups in total. The van der Waals surface area contributed by atoms with Crippen LogP contribution in [0, 0.1) is 10.1 Å². The molecule has 0 aliphatic carbocycles. The van der Waals surface area contributed by atoms with Gasteiger partial charge in [-0.3, -0.25) is 10.1 Å². The van der Waals surface area contributed by atoms with Gasteiger partial charge in [0.25, 0.3) is 5.69 Å². The second-order valence-electron chi connectivity index (χ2n) is 2.94. The summed E-state index contributed by atoms with van der Waals surface area (Å²) in [6, 6.07) is 5.49. The Balaban J connectivity index is 2.81. The minimum atomic E-state index is -0.545. The maximum atomic E-state index is 11.3. The van der Waals surface area contributed by atoms with Crippen LogP contribution in [0.3, 0.4) is 0 Å². The molecule has 0 spiro atoms. The highest BCUT2D eigenvalue weighted by atomic mass is 16.6. The first-order valence-corrected chi connectivity index (χ1v) is 4.56. The number of ether oxygens (including phenoxy) is 1. The number of nitro benzene ring substituents is 1. The molecule has 5 heteroatoms. The first-order chi connectivity index (χ1) is 7.15. The fourth-order valence-electron chi connectivity index (χ4n) is 1.02. The highest BCUT2D eigenvalue weighted by molar-refractivity contribution is 5.90. The van der Waals surface area contributed by atoms with E-state index < -0.39 is 10.9 Å². The summed E-state index contributed by atoms with van der Waals surface area (Å²) >= 11 is 0. The first kappa shape index (κ1) is 11.2. The number of non-ortho nitro benzene ring substituents is 1. The third kappa shape index (κ3) is 3.05. The standard InChI is InChI=1S/C10H11NO4/c1-2-6-15-10(12)8-4-3-5-9(7-8)11(13)14/h3-5,7H,2,6H2,1H3. The fraction of sp³-hybridized carbons (Fsp3) is 0.300. The second-order valence-corrected chi connectivity index (χ2v) is 2.94. The van der Waals surface area contributed by atoms with E-state index in [4.69, 9.17) is 4.74 Å². The number of nitrogens with zero attached hydrogens (tertiary/aromatic N) is 1. The van der Waals surface area contributed by atoms with Crippen LogP contribution in [0.2, 0.25) is 0 Å². The van der Waals surface area contributed by atoms with E-state index in [1.807, 2.05) is 6.92 Å². The van der Waals surface area contributed by atoms with Gasteiger partial charge in [0, 0.05) is 12.1 Å². The predicted molar refractivity (Wildman–Crippen MR) is 53.7 cm³/mol. The Morgan fingerprint density at radius 1 is 1.53 bits per heavy atom. The van der Waals surface area contributed by atoms with Gasteiger partial charge >= 0.3 is 5.97 Å². The number of hydrogen-bond donors (Lipinski definition) is 0. The number of hydrogen-bond acceptors (Lipinski definition) is 4. The lowest BCUT2D eigenvalue weighted by Gasteiger charge is -2.02. The van der Waals surface area contributed by atoms with Crippen molar-refractivity contribution in [1.82, 2.24) is 0 Å². The Hall–Kier alpha value is -1.91. The number of carbonyl (C=O) groups is 1. The van der Waals surface area contributed by atoms with Crippen LogP contribution in [-0.2, 0) is 4.74 Å². The van der Waals surface area contributed by atoms with Gasteiger partial charge in [-0.2, -0.15) is 0 Å². The maximum absolute atomic E-state index is 11.3. The van der Waals surface area contributed by atoms with Gasteiger partial charge < -0.3 is 4.74 Å². The van der Waals surface area contributed by atoms with Gasteiger partial charge in [0.2, 0.25) is 0 Å². The highest BCUT2D eigenvalue weighted by Crippen LogP contribution is 2.13. The Bertz CT molecular complexity index is 375. The van der Waals surface area contributed by atoms with Crippen LogP contribution in [-0.4, -0.2) is 17.5 Å². The Morgan fingerprint density at radius 2 is 2.27 bits per heavy atom. The van der Waals surface area contributed by atoms with Gasteiger partial charge in [-0.1, -0.05) is 13.0 Å². The zero-order chi connectivity index (χ0) is 11.3. The van der Waals surface area contributed by atoms with Gasteiger partial charge in [0.15, 0.2) is 0 Å². The van der Waals surface area contributed by atoms with Gasteiger partial charge in [-0.05, 0) is 12.5 Å². The van der Waals surface area contributed by atoms with Crippen molar-refractivity contribution in [1.29, 1.82) is 0 Å². The van der Waals surface area contributed by atoms with Crippen LogP contribution in [0.4, 0.5) is 5.69 Å². The molecule has 0 aliphatic rings. The molecule has 0 bridgehead atoms. The summed E-state index contributed by atoms with van der Waals surface area (Å²) in [7, 11) is 0. The van der Waals surface area contributed by atoms with Gasteiger partial charge in [0.1, 0.15) is 0 Å². The summed E-state index contributed by atoms with van der Waals surface area (Å²) in [6.07, 6.45) is 0.723. The molecule has 0 aliphatic heterocycles. The summed E-state index contributed by atoms with van der Waals surface area (Å²) in [5.74, 6) is -0.527. The largest absolute Gasteiger partial charge is 0.462 e. The molecule has 1 aromatic carbocycles. The molecule has 15 heavy (non-hydrogen) atoms. The third-order valence-corrected chi connectivity index (χ3v) is 1.73. The molecule has 5 nitrogen and oxygen atoms in total. The first-order valence-electron chi connectivity index (χ1n) is 4.56. The van der Waals surface area contributed by atoms with E-state index in [1.165, 1.54) is 24.3 Å². The summed E-state index contributed by atoms with van der Waals surface area (Å²) in [5, 5.41) is 10.4. The molecule has 80 valence electrons. The summed E-state index contributed by atoms with van der Waals surface area (Å²) < 4.78 is 4.85. The van der Waals surface area contributed by atoms with Crippen molar-refractivity contribution in [2.24, 2.45) is 0 Å². The van der Waals surface area contributed by atoms with Crippen LogP contribution in [0.5, 0.6) is 0 Å². The SMILES string of the molecule is CCCOC(=O)c1cccc([N+](=O)[O-])c1. The average Bonchev–Trinajstić information content (AvgIpc) is 2.26. The molecule has 0 fully saturated rings. The van der Waals surface area contributed by atoms with Crippen molar-refractivity contribution in [2.75, 3.05) is 6.61 Å². The zero-order valence-corrected chi connectivity index (χ0v) is 8.30. The van der Waals surface area contributed by atoms with Crippen molar-refractivity contribution in [3.05, 3.63) is 39.9 Å². The normalized spacial score (nSPS) is 9.67. The number of benzene rings is 1. The second kappa shape index (κ2) is 5.09. The minimum absolute atomic E-state index is 0.110. The van der Waals surface area contributed by atoms with Crippen LogP contribution in [0.1, 0.15) is 23.7 Å². The highest BCUT2D eigenvalue weighted by Gasteiger charge is 2.11. The van der Waals surface area contributed by atoms with E-state index in [0.29, 0.717) is 6.61 Å². The van der Waals surface area contributed by atoms with E-state index >= 15 is 0 Å². The van der Waals surface area contributed by atoms with Crippen LogP contribution < -0.4 is 0 Å². The molecule has 1 aromatic rings. The zero-order valence-electron chi connectivity index (χ0n) is 8.30. The van der Waals surface area contributed by atoms with Crippen molar-refractivity contribution < 1.29 is 14.5 Å². The molecule has 0 unspecified atom stereocenters. The third-order valence-electron chi connectivity index (χ3n) is 1.73. The Morgan fingerprint density at radius 3 is 2.87 bits per heavy atom. The Labute approximate surface area is 86.8 Å². The van der Waals surface area contributed by atoms with Crippen LogP contribution in [0.25, 0.3) is 0 Å². The predicted octanol–water partition coefficient (Wildman–Crippen LogP) is 2.16. The maximum Gasteiger partial charge on any atom is 0.338 e. The molecular weight excluding hydrogens is 198 g/mol. The summed E-state index contributed by atoms with van der Waals surface area (Å²) in [4.78, 5) is 21.2. The van der Waals surface area contributed by atoms with Crippen molar-refractivity contribution in [3.63, 3.8) is 0 Å². The van der Waals surface area contributed by atoms with E-state index in [2.05, 4.69) is 0 Å².